The lowest BCUT2D eigenvalue weighted by Gasteiger charge is -2.09. The molecule has 2 rings (SSSR count). The van der Waals surface area contributed by atoms with E-state index in [2.05, 4.69) is 10.6 Å². The molecule has 0 unspecified atom stereocenters. The Morgan fingerprint density at radius 2 is 1.73 bits per heavy atom. The largest absolute Gasteiger partial charge is 0.426 e. The summed E-state index contributed by atoms with van der Waals surface area (Å²) in [5.41, 5.74) is 0.412. The second-order valence-corrected chi connectivity index (χ2v) is 5.82. The summed E-state index contributed by atoms with van der Waals surface area (Å²) < 4.78 is 37.4. The van der Waals surface area contributed by atoms with E-state index in [1.165, 1.54) is 36.4 Å². The van der Waals surface area contributed by atoms with Crippen molar-refractivity contribution in [1.29, 1.82) is 0 Å². The summed E-state index contributed by atoms with van der Waals surface area (Å²) in [6.07, 6.45) is -3.94. The molecule has 0 atom stereocenters. The minimum atomic E-state index is -4.66. The summed E-state index contributed by atoms with van der Waals surface area (Å²) >= 11 is 11.0. The molecule has 26 heavy (non-hydrogen) atoms. The van der Waals surface area contributed by atoms with Crippen LogP contribution in [0.4, 0.5) is 23.7 Å². The van der Waals surface area contributed by atoms with Crippen LogP contribution in [0.1, 0.15) is 15.9 Å². The van der Waals surface area contributed by atoms with Crippen molar-refractivity contribution in [3.05, 3.63) is 69.7 Å². The lowest BCUT2D eigenvalue weighted by Crippen LogP contribution is -2.34. The molecule has 2 aromatic carbocycles. The van der Waals surface area contributed by atoms with E-state index in [1.54, 1.807) is 12.1 Å². The Morgan fingerprint density at radius 1 is 1.04 bits per heavy atom. The van der Waals surface area contributed by atoms with E-state index >= 15 is 0 Å². The van der Waals surface area contributed by atoms with Gasteiger partial charge in [-0.05, 0) is 35.9 Å². The highest BCUT2D eigenvalue weighted by Gasteiger charge is 2.32. The number of nitrogens with one attached hydrogen (secondary N) is 2. The number of carbonyl (C=O) groups is 2. The zero-order chi connectivity index (χ0) is 19.3. The molecule has 2 N–H and O–H groups in total. The fourth-order valence-corrected chi connectivity index (χ4v) is 2.26. The fourth-order valence-electron chi connectivity index (χ4n) is 1.91. The predicted octanol–water partition coefficient (Wildman–Crippen LogP) is 5.44. The number of rotatable bonds is 3. The summed E-state index contributed by atoms with van der Waals surface area (Å²) in [4.78, 5) is 23.9. The van der Waals surface area contributed by atoms with E-state index < -0.39 is 23.1 Å². The lowest BCUT2D eigenvalue weighted by molar-refractivity contribution is -0.0836. The molecule has 0 aromatic heterocycles. The van der Waals surface area contributed by atoms with Gasteiger partial charge in [-0.15, -0.1) is 0 Å². The Labute approximate surface area is 156 Å². The van der Waals surface area contributed by atoms with Gasteiger partial charge >= 0.3 is 12.2 Å². The molecule has 3 amide bonds. The molecule has 0 aliphatic carbocycles. The van der Waals surface area contributed by atoms with E-state index in [4.69, 9.17) is 23.2 Å². The van der Waals surface area contributed by atoms with Crippen LogP contribution in [-0.2, 0) is 0 Å². The zero-order valence-electron chi connectivity index (χ0n) is 12.9. The van der Waals surface area contributed by atoms with Crippen molar-refractivity contribution in [3.8, 4) is 0 Å². The second-order valence-electron chi connectivity index (χ2n) is 5.00. The maximum Gasteiger partial charge on any atom is 0.426 e. The number of imide groups is 1. The molecule has 4 nitrogen and oxygen atoms in total. The first-order valence-electron chi connectivity index (χ1n) is 7.08. The quantitative estimate of drug-likeness (QED) is 0.717. The third-order valence-corrected chi connectivity index (χ3v) is 3.71. The first kappa shape index (κ1) is 19.8. The lowest BCUT2D eigenvalue weighted by atomic mass is 10.2. The summed E-state index contributed by atoms with van der Waals surface area (Å²) in [6.45, 7) is 0. The van der Waals surface area contributed by atoms with E-state index in [-0.39, 0.29) is 21.8 Å². The number of amides is 3. The van der Waals surface area contributed by atoms with Crippen LogP contribution in [0.15, 0.2) is 53.6 Å². The Bertz CT molecular complexity index is 867. The average Bonchev–Trinajstić information content (AvgIpc) is 2.54. The molecular formula is C17H11Cl2F3N2O2. The highest BCUT2D eigenvalue weighted by atomic mass is 35.5. The van der Waals surface area contributed by atoms with Gasteiger partial charge in [0.1, 0.15) is 5.03 Å². The van der Waals surface area contributed by atoms with E-state index in [9.17, 15) is 22.8 Å². The third-order valence-electron chi connectivity index (χ3n) is 3.05. The van der Waals surface area contributed by atoms with Crippen molar-refractivity contribution >= 4 is 46.9 Å². The molecule has 0 saturated carbocycles. The van der Waals surface area contributed by atoms with Crippen LogP contribution in [0.5, 0.6) is 0 Å². The van der Waals surface area contributed by atoms with Crippen LogP contribution in [0, 0.1) is 0 Å². The van der Waals surface area contributed by atoms with Crippen molar-refractivity contribution < 1.29 is 22.8 Å². The summed E-state index contributed by atoms with van der Waals surface area (Å²) in [5, 5.41) is 3.30. The van der Waals surface area contributed by atoms with Crippen LogP contribution in [0.25, 0.3) is 6.08 Å². The van der Waals surface area contributed by atoms with Gasteiger partial charge in [-0.1, -0.05) is 47.5 Å². The minimum absolute atomic E-state index is 0.109. The van der Waals surface area contributed by atoms with Crippen LogP contribution < -0.4 is 10.6 Å². The third kappa shape index (κ3) is 5.50. The van der Waals surface area contributed by atoms with Gasteiger partial charge in [0, 0.05) is 5.69 Å². The number of alkyl halides is 3. The number of carbonyl (C=O) groups excluding carboxylic acids is 2. The van der Waals surface area contributed by atoms with E-state index in [0.717, 1.165) is 6.08 Å². The van der Waals surface area contributed by atoms with Gasteiger partial charge in [-0.3, -0.25) is 10.1 Å². The fraction of sp³-hybridized carbons (Fsp3) is 0.0588. The van der Waals surface area contributed by atoms with Gasteiger partial charge in [0.15, 0.2) is 0 Å². The topological polar surface area (TPSA) is 58.2 Å². The molecular weight excluding hydrogens is 392 g/mol. The van der Waals surface area contributed by atoms with Crippen molar-refractivity contribution in [3.63, 3.8) is 0 Å². The molecule has 0 bridgehead atoms. The van der Waals surface area contributed by atoms with Gasteiger partial charge in [-0.25, -0.2) is 4.79 Å². The van der Waals surface area contributed by atoms with E-state index in [1.807, 2.05) is 0 Å². The Balaban J connectivity index is 2.07. The summed E-state index contributed by atoms with van der Waals surface area (Å²) in [7, 11) is 0. The molecule has 2 aromatic rings. The van der Waals surface area contributed by atoms with Crippen molar-refractivity contribution in [2.24, 2.45) is 0 Å². The van der Waals surface area contributed by atoms with Gasteiger partial charge < -0.3 is 5.32 Å². The van der Waals surface area contributed by atoms with Crippen LogP contribution in [0.3, 0.4) is 0 Å². The van der Waals surface area contributed by atoms with Crippen LogP contribution in [0.2, 0.25) is 5.02 Å². The zero-order valence-corrected chi connectivity index (χ0v) is 14.4. The Kier molecular flexibility index (Phi) is 6.28. The Hall–Kier alpha value is -2.51. The predicted molar refractivity (Wildman–Crippen MR) is 94.3 cm³/mol. The molecule has 0 fully saturated rings. The second kappa shape index (κ2) is 8.25. The SMILES string of the molecule is O=C(NC(=O)c1ccccc1Cl)Nc1cccc(C=C(Cl)C(F)(F)F)c1. The summed E-state index contributed by atoms with van der Waals surface area (Å²) in [6, 6.07) is 10.8. The number of hydrogen-bond donors (Lipinski definition) is 2. The van der Waals surface area contributed by atoms with Gasteiger partial charge in [0.05, 0.1) is 10.6 Å². The standard InChI is InChI=1S/C17H11Cl2F3N2O2/c18-13-7-2-1-6-12(13)15(25)24-16(26)23-11-5-3-4-10(8-11)9-14(19)17(20,21)22/h1-9H,(H2,23,24,25,26). The number of benzene rings is 2. The molecule has 9 heteroatoms. The normalized spacial score (nSPS) is 11.8. The van der Waals surface area contributed by atoms with Crippen LogP contribution in [-0.4, -0.2) is 18.1 Å². The maximum atomic E-state index is 12.5. The van der Waals surface area contributed by atoms with Gasteiger partial charge in [-0.2, -0.15) is 13.2 Å². The molecule has 0 radical (unpaired) electrons. The first-order valence-corrected chi connectivity index (χ1v) is 7.84. The maximum absolute atomic E-state index is 12.5. The average molecular weight is 403 g/mol. The highest BCUT2D eigenvalue weighted by molar-refractivity contribution is 6.34. The number of allylic oxidation sites excluding steroid dienone is 1. The molecule has 0 saturated heterocycles. The monoisotopic (exact) mass is 402 g/mol. The van der Waals surface area contributed by atoms with Crippen molar-refractivity contribution in [1.82, 2.24) is 5.32 Å². The van der Waals surface area contributed by atoms with Crippen molar-refractivity contribution in [2.45, 2.75) is 6.18 Å². The van der Waals surface area contributed by atoms with Gasteiger partial charge in [0.25, 0.3) is 5.91 Å². The summed E-state index contributed by atoms with van der Waals surface area (Å²) in [5.74, 6) is -0.718. The number of anilines is 1. The number of hydrogen-bond acceptors (Lipinski definition) is 2. The van der Waals surface area contributed by atoms with E-state index in [0.29, 0.717) is 0 Å². The molecule has 0 aliphatic heterocycles. The molecule has 0 aliphatic rings. The Morgan fingerprint density at radius 3 is 2.38 bits per heavy atom. The minimum Gasteiger partial charge on any atom is -0.308 e. The molecule has 136 valence electrons. The number of halogens is 5. The van der Waals surface area contributed by atoms with Crippen LogP contribution >= 0.6 is 23.2 Å². The highest BCUT2D eigenvalue weighted by Crippen LogP contribution is 2.30. The smallest absolute Gasteiger partial charge is 0.308 e. The molecule has 0 spiro atoms. The number of urea groups is 1. The van der Waals surface area contributed by atoms with Gasteiger partial charge in [0.2, 0.25) is 0 Å². The van der Waals surface area contributed by atoms with Crippen molar-refractivity contribution in [2.75, 3.05) is 5.32 Å². The molecule has 0 heterocycles. The first-order chi connectivity index (χ1) is 12.2.